The van der Waals surface area contributed by atoms with Crippen LogP contribution < -0.4 is 5.32 Å². The fraction of sp³-hybridized carbons (Fsp3) is 0.769. The van der Waals surface area contributed by atoms with E-state index in [1.54, 1.807) is 6.20 Å². The van der Waals surface area contributed by atoms with Crippen LogP contribution in [0, 0.1) is 12.8 Å². The summed E-state index contributed by atoms with van der Waals surface area (Å²) in [5.41, 5.74) is 0.689. The zero-order valence-electron chi connectivity index (χ0n) is 11.3. The quantitative estimate of drug-likeness (QED) is 0.832. The third kappa shape index (κ3) is 2.71. The molecule has 4 nitrogen and oxygen atoms in total. The van der Waals surface area contributed by atoms with E-state index in [4.69, 9.17) is 11.6 Å². The highest BCUT2D eigenvalue weighted by molar-refractivity contribution is 6.31. The largest absolute Gasteiger partial charge is 0.394 e. The first-order valence-corrected chi connectivity index (χ1v) is 6.93. The lowest BCUT2D eigenvalue weighted by molar-refractivity contribution is 0.109. The maximum Gasteiger partial charge on any atom is 0.0814 e. The second-order valence-electron chi connectivity index (χ2n) is 5.62. The van der Waals surface area contributed by atoms with Gasteiger partial charge in [-0.05, 0) is 25.7 Å². The molecule has 1 aliphatic rings. The van der Waals surface area contributed by atoms with Crippen molar-refractivity contribution in [1.29, 1.82) is 0 Å². The van der Waals surface area contributed by atoms with Crippen LogP contribution in [0.5, 0.6) is 0 Å². The molecule has 1 heterocycles. The lowest BCUT2D eigenvalue weighted by Gasteiger charge is -2.35. The summed E-state index contributed by atoms with van der Waals surface area (Å²) in [5, 5.41) is 18.4. The molecule has 1 fully saturated rings. The van der Waals surface area contributed by atoms with Crippen molar-refractivity contribution in [2.24, 2.45) is 5.92 Å². The molecule has 5 heteroatoms. The van der Waals surface area contributed by atoms with Crippen LogP contribution in [0.1, 0.15) is 32.4 Å². The Morgan fingerprint density at radius 3 is 2.67 bits per heavy atom. The molecule has 0 saturated heterocycles. The Bertz CT molecular complexity index is 414. The fourth-order valence-electron chi connectivity index (χ4n) is 2.58. The Hall–Kier alpha value is -0.580. The third-order valence-corrected chi connectivity index (χ3v) is 4.06. The molecule has 1 aromatic rings. The molecule has 1 aromatic heterocycles. The molecule has 1 aliphatic carbocycles. The topological polar surface area (TPSA) is 50.1 Å². The van der Waals surface area contributed by atoms with E-state index in [2.05, 4.69) is 24.3 Å². The number of halogens is 1. The summed E-state index contributed by atoms with van der Waals surface area (Å²) in [4.78, 5) is 0. The first kappa shape index (κ1) is 13.8. The highest BCUT2D eigenvalue weighted by Crippen LogP contribution is 2.41. The van der Waals surface area contributed by atoms with Gasteiger partial charge in [-0.3, -0.25) is 4.68 Å². The molecule has 0 bridgehead atoms. The van der Waals surface area contributed by atoms with Crippen molar-refractivity contribution in [3.05, 3.63) is 16.9 Å². The molecular formula is C13H22ClN3O. The summed E-state index contributed by atoms with van der Waals surface area (Å²) in [6.07, 6.45) is 4.02. The molecule has 1 atom stereocenters. The van der Waals surface area contributed by atoms with Gasteiger partial charge in [0.2, 0.25) is 0 Å². The molecule has 1 saturated carbocycles. The Kier molecular flexibility index (Phi) is 3.99. The van der Waals surface area contributed by atoms with E-state index in [-0.39, 0.29) is 12.1 Å². The molecule has 2 N–H and O–H groups in total. The van der Waals surface area contributed by atoms with Gasteiger partial charge in [0, 0.05) is 6.04 Å². The van der Waals surface area contributed by atoms with Crippen molar-refractivity contribution >= 4 is 11.6 Å². The van der Waals surface area contributed by atoms with Crippen LogP contribution in [-0.4, -0.2) is 33.1 Å². The second-order valence-corrected chi connectivity index (χ2v) is 6.03. The van der Waals surface area contributed by atoms with Crippen LogP contribution in [-0.2, 0) is 6.54 Å². The van der Waals surface area contributed by atoms with Gasteiger partial charge < -0.3 is 10.4 Å². The summed E-state index contributed by atoms with van der Waals surface area (Å²) in [5.74, 6) is 0.535. The zero-order valence-corrected chi connectivity index (χ0v) is 12.0. The van der Waals surface area contributed by atoms with Crippen LogP contribution in [0.2, 0.25) is 5.02 Å². The summed E-state index contributed by atoms with van der Waals surface area (Å²) in [6.45, 7) is 6.98. The molecule has 0 spiro atoms. The average molecular weight is 272 g/mol. The molecule has 0 aromatic carbocycles. The van der Waals surface area contributed by atoms with E-state index in [9.17, 15) is 5.11 Å². The lowest BCUT2D eigenvalue weighted by Crippen LogP contribution is -2.56. The number of nitrogens with one attached hydrogen (secondary N) is 1. The van der Waals surface area contributed by atoms with Crippen molar-refractivity contribution in [1.82, 2.24) is 15.1 Å². The molecule has 0 amide bonds. The van der Waals surface area contributed by atoms with Crippen LogP contribution in [0.25, 0.3) is 0 Å². The van der Waals surface area contributed by atoms with E-state index in [0.717, 1.165) is 5.69 Å². The molecule has 0 radical (unpaired) electrons. The Morgan fingerprint density at radius 2 is 2.28 bits per heavy atom. The first-order valence-electron chi connectivity index (χ1n) is 6.55. The maximum absolute atomic E-state index is 9.86. The van der Waals surface area contributed by atoms with Gasteiger partial charge in [0.15, 0.2) is 0 Å². The summed E-state index contributed by atoms with van der Waals surface area (Å²) >= 11 is 6.04. The predicted octanol–water partition coefficient (Wildman–Crippen LogP) is 1.98. The van der Waals surface area contributed by atoms with Crippen molar-refractivity contribution in [3.8, 4) is 0 Å². The molecule has 18 heavy (non-hydrogen) atoms. The van der Waals surface area contributed by atoms with Crippen molar-refractivity contribution in [2.45, 2.75) is 51.7 Å². The molecular weight excluding hydrogens is 250 g/mol. The lowest BCUT2D eigenvalue weighted by atomic mass is 9.93. The number of hydrogen-bond donors (Lipinski definition) is 2. The first-order chi connectivity index (χ1) is 8.48. The zero-order chi connectivity index (χ0) is 13.3. The number of aliphatic hydroxyl groups is 1. The summed E-state index contributed by atoms with van der Waals surface area (Å²) < 4.78 is 1.90. The maximum atomic E-state index is 9.86. The Morgan fingerprint density at radius 1 is 1.61 bits per heavy atom. The monoisotopic (exact) mass is 271 g/mol. The number of aliphatic hydroxyl groups excluding tert-OH is 1. The van der Waals surface area contributed by atoms with Crippen molar-refractivity contribution in [2.75, 3.05) is 6.61 Å². The van der Waals surface area contributed by atoms with E-state index >= 15 is 0 Å². The van der Waals surface area contributed by atoms with Gasteiger partial charge in [-0.2, -0.15) is 5.10 Å². The van der Waals surface area contributed by atoms with Gasteiger partial charge in [0.25, 0.3) is 0 Å². The SMILES string of the molecule is Cc1c(Cl)cnn1CC(CO)(NC(C)C)C1CC1. The number of aromatic nitrogens is 2. The Labute approximate surface area is 113 Å². The van der Waals surface area contributed by atoms with Crippen LogP contribution in [0.3, 0.4) is 0 Å². The van der Waals surface area contributed by atoms with Gasteiger partial charge in [-0.15, -0.1) is 0 Å². The third-order valence-electron chi connectivity index (χ3n) is 3.69. The summed E-state index contributed by atoms with van der Waals surface area (Å²) in [6, 6.07) is 0.337. The average Bonchev–Trinajstić information content (AvgIpc) is 3.11. The van der Waals surface area contributed by atoms with E-state index in [1.807, 2.05) is 11.6 Å². The van der Waals surface area contributed by atoms with E-state index in [0.29, 0.717) is 23.5 Å². The van der Waals surface area contributed by atoms with Gasteiger partial charge in [0.1, 0.15) is 0 Å². The van der Waals surface area contributed by atoms with Crippen LogP contribution in [0.4, 0.5) is 0 Å². The minimum atomic E-state index is -0.270. The number of nitrogens with zero attached hydrogens (tertiary/aromatic N) is 2. The van der Waals surface area contributed by atoms with Crippen LogP contribution in [0.15, 0.2) is 6.20 Å². The second kappa shape index (κ2) is 5.19. The summed E-state index contributed by atoms with van der Waals surface area (Å²) in [7, 11) is 0. The fourth-order valence-corrected chi connectivity index (χ4v) is 2.72. The van der Waals surface area contributed by atoms with E-state index in [1.165, 1.54) is 12.8 Å². The minimum absolute atomic E-state index is 0.132. The standard InChI is InChI=1S/C13H22ClN3O/c1-9(2)16-13(8-18,11-4-5-11)7-17-10(3)12(14)6-15-17/h6,9,11,16,18H,4-5,7-8H2,1-3H3. The van der Waals surface area contributed by atoms with Gasteiger partial charge in [0.05, 0.1) is 35.6 Å². The number of rotatable bonds is 6. The van der Waals surface area contributed by atoms with E-state index < -0.39 is 0 Å². The molecule has 0 aliphatic heterocycles. The number of hydrogen-bond acceptors (Lipinski definition) is 3. The minimum Gasteiger partial charge on any atom is -0.394 e. The highest BCUT2D eigenvalue weighted by Gasteiger charge is 2.45. The normalized spacial score (nSPS) is 19.2. The van der Waals surface area contributed by atoms with Crippen LogP contribution >= 0.6 is 11.6 Å². The van der Waals surface area contributed by atoms with Crippen molar-refractivity contribution in [3.63, 3.8) is 0 Å². The van der Waals surface area contributed by atoms with Crippen molar-refractivity contribution < 1.29 is 5.11 Å². The molecule has 2 rings (SSSR count). The van der Waals surface area contributed by atoms with Gasteiger partial charge in [-0.25, -0.2) is 0 Å². The highest BCUT2D eigenvalue weighted by atomic mass is 35.5. The van der Waals surface area contributed by atoms with Gasteiger partial charge in [-0.1, -0.05) is 25.4 Å². The predicted molar refractivity (Wildman–Crippen MR) is 72.8 cm³/mol. The Balaban J connectivity index is 2.21. The smallest absolute Gasteiger partial charge is 0.0814 e. The molecule has 102 valence electrons. The molecule has 1 unspecified atom stereocenters. The van der Waals surface area contributed by atoms with Gasteiger partial charge >= 0.3 is 0 Å².